The van der Waals surface area contributed by atoms with Crippen molar-refractivity contribution in [2.75, 3.05) is 18.6 Å². The Morgan fingerprint density at radius 2 is 2.00 bits per heavy atom. The number of aromatic hydroxyl groups is 1. The molecule has 2 aliphatic rings. The van der Waals surface area contributed by atoms with Crippen LogP contribution in [0.5, 0.6) is 11.5 Å². The number of nitro groups is 1. The number of aliphatic hydroxyl groups excluding tert-OH is 2. The van der Waals surface area contributed by atoms with Gasteiger partial charge in [-0.15, -0.1) is 0 Å². The van der Waals surface area contributed by atoms with Gasteiger partial charge in [0.2, 0.25) is 11.8 Å². The monoisotopic (exact) mass is 676 g/mol. The second kappa shape index (κ2) is 12.7. The van der Waals surface area contributed by atoms with Crippen LogP contribution in [0.3, 0.4) is 0 Å². The summed E-state index contributed by atoms with van der Waals surface area (Å²) in [5.41, 5.74) is 3.16. The number of phenols is 1. The number of hydrogen-bond donors (Lipinski definition) is 3. The predicted molar refractivity (Wildman–Crippen MR) is 161 cm³/mol. The summed E-state index contributed by atoms with van der Waals surface area (Å²) in [5, 5.41) is 43.2. The van der Waals surface area contributed by atoms with Crippen molar-refractivity contribution in [3.05, 3.63) is 72.4 Å². The molecule has 1 fully saturated rings. The number of aliphatic hydroxyl groups is 2. The van der Waals surface area contributed by atoms with E-state index in [-0.39, 0.29) is 23.5 Å². The highest BCUT2D eigenvalue weighted by molar-refractivity contribution is 14.1. The van der Waals surface area contributed by atoms with Gasteiger partial charge in [0.05, 0.1) is 45.8 Å². The maximum Gasteiger partial charge on any atom is 0.271 e. The first-order chi connectivity index (χ1) is 19.5. The van der Waals surface area contributed by atoms with Crippen LogP contribution in [0.2, 0.25) is 0 Å². The lowest BCUT2D eigenvalue weighted by Crippen LogP contribution is -2.39. The normalized spacial score (nSPS) is 21.8. The van der Waals surface area contributed by atoms with E-state index in [1.807, 2.05) is 48.6 Å². The van der Waals surface area contributed by atoms with Crippen molar-refractivity contribution in [2.24, 2.45) is 17.8 Å². The van der Waals surface area contributed by atoms with Gasteiger partial charge in [-0.1, -0.05) is 30.2 Å². The number of allylic oxidation sites excluding steroid dienone is 2. The number of hydrogen-bond acceptors (Lipinski definition) is 8. The Kier molecular flexibility index (Phi) is 9.50. The fraction of sp³-hybridized carbons (Fsp3) is 0.400. The van der Waals surface area contributed by atoms with Crippen LogP contribution in [0.15, 0.2) is 53.1 Å². The molecule has 1 heterocycles. The van der Waals surface area contributed by atoms with Gasteiger partial charge in [-0.3, -0.25) is 19.7 Å². The number of nitro benzene ring substituents is 1. The van der Waals surface area contributed by atoms with Gasteiger partial charge >= 0.3 is 0 Å². The molecule has 218 valence electrons. The topological polar surface area (TPSA) is 150 Å². The third kappa shape index (κ3) is 6.02. The van der Waals surface area contributed by atoms with Gasteiger partial charge in [-0.25, -0.2) is 4.90 Å². The molecule has 2 aromatic rings. The van der Waals surface area contributed by atoms with Crippen molar-refractivity contribution >= 4 is 51.9 Å². The molecule has 0 saturated carbocycles. The van der Waals surface area contributed by atoms with Crippen LogP contribution in [-0.2, 0) is 9.59 Å². The summed E-state index contributed by atoms with van der Waals surface area (Å²) >= 11 is 2.03. The van der Waals surface area contributed by atoms with E-state index in [0.717, 1.165) is 21.6 Å². The molecule has 0 radical (unpaired) electrons. The molecule has 4 atom stereocenters. The third-order valence-corrected chi connectivity index (χ3v) is 8.78. The molecular weight excluding hydrogens is 643 g/mol. The zero-order chi connectivity index (χ0) is 30.0. The molecule has 1 saturated heterocycles. The number of halogens is 1. The number of carbonyl (C=O) groups excluding carboxylic acids is 2. The molecule has 3 N–H and O–H groups in total. The third-order valence-electron chi connectivity index (χ3n) is 7.96. The van der Waals surface area contributed by atoms with Crippen molar-refractivity contribution in [3.63, 3.8) is 0 Å². The van der Waals surface area contributed by atoms with Crippen molar-refractivity contribution in [2.45, 2.75) is 45.6 Å². The number of carbonyl (C=O) groups is 2. The predicted octanol–water partition coefficient (Wildman–Crippen LogP) is 4.98. The number of imide groups is 1. The molecule has 0 spiro atoms. The van der Waals surface area contributed by atoms with Crippen LogP contribution < -0.4 is 9.64 Å². The number of benzene rings is 2. The van der Waals surface area contributed by atoms with Crippen LogP contribution in [0.1, 0.15) is 45.1 Å². The fourth-order valence-electron chi connectivity index (χ4n) is 6.01. The van der Waals surface area contributed by atoms with E-state index in [0.29, 0.717) is 34.2 Å². The standard InChI is InChI=1S/C30H33IN2O8/c1-4-18-13-21-27(30(38)32(29(21)37)19-6-5-7-20(14-19)33(39)40)22(15-34)26(18)24(35)9-8-16(2)10-17-11-23(31)28(36)25(12-17)41-3/h5-7,10-12,14,21-22,24,27,34-36H,4,8-9,13,15H2,1-3H3/b16-10+/t21-,22+,24-,27-/m1/s1. The number of anilines is 1. The van der Waals surface area contributed by atoms with Crippen molar-refractivity contribution < 1.29 is 34.6 Å². The quantitative estimate of drug-likeness (QED) is 0.105. The van der Waals surface area contributed by atoms with Crippen LogP contribution in [0.25, 0.3) is 6.08 Å². The van der Waals surface area contributed by atoms with Crippen molar-refractivity contribution in [1.82, 2.24) is 0 Å². The number of amides is 2. The van der Waals surface area contributed by atoms with Crippen molar-refractivity contribution in [3.8, 4) is 11.5 Å². The first-order valence-corrected chi connectivity index (χ1v) is 14.5. The summed E-state index contributed by atoms with van der Waals surface area (Å²) in [6.45, 7) is 3.44. The fourth-order valence-corrected chi connectivity index (χ4v) is 6.63. The zero-order valence-corrected chi connectivity index (χ0v) is 25.2. The van der Waals surface area contributed by atoms with Gasteiger partial charge in [-0.2, -0.15) is 0 Å². The maximum atomic E-state index is 13.6. The molecule has 2 aromatic carbocycles. The summed E-state index contributed by atoms with van der Waals surface area (Å²) in [4.78, 5) is 38.8. The van der Waals surface area contributed by atoms with Gasteiger partial charge < -0.3 is 20.1 Å². The molecule has 0 aromatic heterocycles. The molecule has 1 aliphatic heterocycles. The second-order valence-electron chi connectivity index (χ2n) is 10.4. The number of fused-ring (bicyclic) bond motifs is 1. The Balaban J connectivity index is 1.57. The summed E-state index contributed by atoms with van der Waals surface area (Å²) < 4.78 is 5.89. The van der Waals surface area contributed by atoms with E-state index in [1.54, 1.807) is 6.07 Å². The van der Waals surface area contributed by atoms with Gasteiger partial charge in [0, 0.05) is 18.1 Å². The summed E-state index contributed by atoms with van der Waals surface area (Å²) in [6.07, 6.45) is 2.71. The van der Waals surface area contributed by atoms with Gasteiger partial charge in [0.1, 0.15) is 0 Å². The minimum Gasteiger partial charge on any atom is -0.504 e. The number of rotatable bonds is 10. The zero-order valence-electron chi connectivity index (χ0n) is 23.0. The maximum absolute atomic E-state index is 13.6. The number of non-ortho nitro benzene ring substituents is 1. The molecular formula is C30H33IN2O8. The van der Waals surface area contributed by atoms with Crippen LogP contribution in [0, 0.1) is 31.4 Å². The second-order valence-corrected chi connectivity index (χ2v) is 11.6. The lowest BCUT2D eigenvalue weighted by Gasteiger charge is -2.36. The smallest absolute Gasteiger partial charge is 0.271 e. The highest BCUT2D eigenvalue weighted by atomic mass is 127. The summed E-state index contributed by atoms with van der Waals surface area (Å²) in [6, 6.07) is 8.96. The first-order valence-electron chi connectivity index (χ1n) is 13.4. The molecule has 41 heavy (non-hydrogen) atoms. The molecule has 0 unspecified atom stereocenters. The van der Waals surface area contributed by atoms with Gasteiger partial charge in [0.25, 0.3) is 5.69 Å². The molecule has 2 amide bonds. The highest BCUT2D eigenvalue weighted by Crippen LogP contribution is 2.48. The first kappa shape index (κ1) is 30.7. The van der Waals surface area contributed by atoms with E-state index < -0.39 is 47.2 Å². The minimum atomic E-state index is -0.935. The number of methoxy groups -OCH3 is 1. The minimum absolute atomic E-state index is 0.0759. The van der Waals surface area contributed by atoms with E-state index >= 15 is 0 Å². The molecule has 4 rings (SSSR count). The average Bonchev–Trinajstić information content (AvgIpc) is 3.21. The van der Waals surface area contributed by atoms with E-state index in [9.17, 15) is 35.0 Å². The molecule has 0 bridgehead atoms. The van der Waals surface area contributed by atoms with Crippen LogP contribution in [-0.4, -0.2) is 51.9 Å². The molecule has 1 aliphatic carbocycles. The Labute approximate surface area is 251 Å². The lowest BCUT2D eigenvalue weighted by atomic mass is 9.67. The highest BCUT2D eigenvalue weighted by Gasteiger charge is 2.55. The van der Waals surface area contributed by atoms with Crippen LogP contribution in [0.4, 0.5) is 11.4 Å². The average molecular weight is 677 g/mol. The van der Waals surface area contributed by atoms with E-state index in [2.05, 4.69) is 0 Å². The van der Waals surface area contributed by atoms with Gasteiger partial charge in [0.15, 0.2) is 11.5 Å². The Bertz CT molecular complexity index is 1440. The largest absolute Gasteiger partial charge is 0.504 e. The van der Waals surface area contributed by atoms with Crippen LogP contribution >= 0.6 is 22.6 Å². The SMILES string of the molecule is CCC1=C([C@H](O)CC/C(C)=C/c2cc(I)c(O)c(OC)c2)[C@H](CO)[C@@H]2C(=O)N(c3cccc([N+](=O)[O-])c3)C(=O)[C@@H]2C1. The Hall–Kier alpha value is -3.29. The Morgan fingerprint density at radius 1 is 1.27 bits per heavy atom. The van der Waals surface area contributed by atoms with E-state index in [1.165, 1.54) is 31.4 Å². The summed E-state index contributed by atoms with van der Waals surface area (Å²) in [5.74, 6) is -2.85. The van der Waals surface area contributed by atoms with E-state index in [4.69, 9.17) is 4.74 Å². The molecule has 10 nitrogen and oxygen atoms in total. The molecule has 11 heteroatoms. The number of nitrogens with zero attached hydrogens (tertiary/aromatic N) is 2. The lowest BCUT2D eigenvalue weighted by molar-refractivity contribution is -0.384. The Morgan fingerprint density at radius 3 is 2.63 bits per heavy atom. The summed E-state index contributed by atoms with van der Waals surface area (Å²) in [7, 11) is 1.48. The van der Waals surface area contributed by atoms with Crippen molar-refractivity contribution in [1.29, 1.82) is 0 Å². The number of phenolic OH excluding ortho intramolecular Hbond substituents is 1. The van der Waals surface area contributed by atoms with Gasteiger partial charge in [-0.05, 0) is 84.5 Å². The number of ether oxygens (including phenoxy) is 1.